The number of anilines is 1. The maximum atomic E-state index is 6.46. The minimum atomic E-state index is 0.107. The van der Waals surface area contributed by atoms with Crippen LogP contribution in [0.1, 0.15) is 23.6 Å². The molecule has 0 aliphatic carbocycles. The van der Waals surface area contributed by atoms with Gasteiger partial charge in [-0.05, 0) is 29.3 Å². The Kier molecular flexibility index (Phi) is 4.48. The summed E-state index contributed by atoms with van der Waals surface area (Å²) in [5.74, 6) is 0. The first-order chi connectivity index (χ1) is 12.2. The van der Waals surface area contributed by atoms with Gasteiger partial charge in [0.2, 0.25) is 0 Å². The Morgan fingerprint density at radius 1 is 0.840 bits per heavy atom. The third-order valence-electron chi connectivity index (χ3n) is 4.36. The molecule has 4 rings (SSSR count). The van der Waals surface area contributed by atoms with Crippen molar-refractivity contribution < 1.29 is 0 Å². The van der Waals surface area contributed by atoms with Gasteiger partial charge in [0.15, 0.2) is 0 Å². The largest absolute Gasteiger partial charge is 0.256 e. The SMILES string of the molecule is Clc1ccc(N2N=C(c3ccccc3)CC2c2ccccc2)c(Cl)c1. The van der Waals surface area contributed by atoms with Crippen molar-refractivity contribution >= 4 is 34.6 Å². The summed E-state index contributed by atoms with van der Waals surface area (Å²) in [7, 11) is 0. The van der Waals surface area contributed by atoms with Gasteiger partial charge in [0.25, 0.3) is 0 Å². The van der Waals surface area contributed by atoms with Crippen LogP contribution in [0.5, 0.6) is 0 Å². The second-order valence-electron chi connectivity index (χ2n) is 5.98. The van der Waals surface area contributed by atoms with Gasteiger partial charge in [-0.3, -0.25) is 5.01 Å². The molecule has 0 bridgehead atoms. The van der Waals surface area contributed by atoms with Crippen molar-refractivity contribution in [2.24, 2.45) is 5.10 Å². The van der Waals surface area contributed by atoms with Gasteiger partial charge in [-0.15, -0.1) is 0 Å². The lowest BCUT2D eigenvalue weighted by atomic mass is 9.98. The molecule has 0 spiro atoms. The lowest BCUT2D eigenvalue weighted by Gasteiger charge is -2.25. The molecule has 0 aromatic heterocycles. The third-order valence-corrected chi connectivity index (χ3v) is 4.90. The molecule has 1 unspecified atom stereocenters. The molecular formula is C21H16Cl2N2. The quantitative estimate of drug-likeness (QED) is 0.527. The van der Waals surface area contributed by atoms with Gasteiger partial charge < -0.3 is 0 Å². The first-order valence-corrected chi connectivity index (χ1v) is 8.90. The Morgan fingerprint density at radius 2 is 1.52 bits per heavy atom. The monoisotopic (exact) mass is 366 g/mol. The summed E-state index contributed by atoms with van der Waals surface area (Å²) < 4.78 is 0. The molecule has 25 heavy (non-hydrogen) atoms. The van der Waals surface area contributed by atoms with Gasteiger partial charge in [0.05, 0.1) is 22.5 Å². The van der Waals surface area contributed by atoms with Crippen LogP contribution in [0, 0.1) is 0 Å². The van der Waals surface area contributed by atoms with Crippen LogP contribution in [-0.4, -0.2) is 5.71 Å². The highest BCUT2D eigenvalue weighted by Crippen LogP contribution is 2.40. The van der Waals surface area contributed by atoms with Crippen LogP contribution in [0.4, 0.5) is 5.69 Å². The topological polar surface area (TPSA) is 15.6 Å². The normalized spacial score (nSPS) is 16.8. The Hall–Kier alpha value is -2.29. The average molecular weight is 367 g/mol. The van der Waals surface area contributed by atoms with Gasteiger partial charge in [0.1, 0.15) is 0 Å². The van der Waals surface area contributed by atoms with E-state index in [1.165, 1.54) is 5.56 Å². The van der Waals surface area contributed by atoms with Crippen molar-refractivity contribution in [2.75, 3.05) is 5.01 Å². The summed E-state index contributed by atoms with van der Waals surface area (Å²) in [6.45, 7) is 0. The molecule has 0 saturated heterocycles. The van der Waals surface area contributed by atoms with E-state index in [0.29, 0.717) is 10.0 Å². The zero-order valence-corrected chi connectivity index (χ0v) is 15.0. The van der Waals surface area contributed by atoms with Gasteiger partial charge in [-0.2, -0.15) is 5.10 Å². The first kappa shape index (κ1) is 16.2. The maximum Gasteiger partial charge on any atom is 0.0832 e. The molecule has 124 valence electrons. The van der Waals surface area contributed by atoms with Gasteiger partial charge in [-0.1, -0.05) is 83.9 Å². The summed E-state index contributed by atoms with van der Waals surface area (Å²) in [6, 6.07) is 26.3. The number of hydrogen-bond donors (Lipinski definition) is 0. The van der Waals surface area contributed by atoms with Crippen LogP contribution in [-0.2, 0) is 0 Å². The number of hydrazone groups is 1. The molecule has 0 fully saturated rings. The molecule has 1 heterocycles. The van der Waals surface area contributed by atoms with Crippen molar-refractivity contribution in [3.8, 4) is 0 Å². The van der Waals surface area contributed by atoms with E-state index in [1.54, 1.807) is 6.07 Å². The van der Waals surface area contributed by atoms with Gasteiger partial charge in [-0.25, -0.2) is 0 Å². The molecule has 0 saturated carbocycles. The van der Waals surface area contributed by atoms with Crippen molar-refractivity contribution in [2.45, 2.75) is 12.5 Å². The minimum absolute atomic E-state index is 0.107. The number of benzene rings is 3. The summed E-state index contributed by atoms with van der Waals surface area (Å²) in [5.41, 5.74) is 4.27. The number of nitrogens with zero attached hydrogens (tertiary/aromatic N) is 2. The molecule has 3 aromatic carbocycles. The lowest BCUT2D eigenvalue weighted by molar-refractivity contribution is 0.709. The summed E-state index contributed by atoms with van der Waals surface area (Å²) >= 11 is 12.5. The van der Waals surface area contributed by atoms with E-state index in [2.05, 4.69) is 36.4 Å². The molecule has 1 atom stereocenters. The minimum Gasteiger partial charge on any atom is -0.256 e. The van der Waals surface area contributed by atoms with Gasteiger partial charge >= 0.3 is 0 Å². The Balaban J connectivity index is 1.79. The Morgan fingerprint density at radius 3 is 2.20 bits per heavy atom. The molecule has 4 heteroatoms. The number of rotatable bonds is 3. The first-order valence-electron chi connectivity index (χ1n) is 8.14. The van der Waals surface area contributed by atoms with Crippen LogP contribution in [0.25, 0.3) is 0 Å². The van der Waals surface area contributed by atoms with E-state index in [9.17, 15) is 0 Å². The van der Waals surface area contributed by atoms with E-state index < -0.39 is 0 Å². The highest BCUT2D eigenvalue weighted by atomic mass is 35.5. The van der Waals surface area contributed by atoms with E-state index in [0.717, 1.165) is 23.4 Å². The van der Waals surface area contributed by atoms with Crippen LogP contribution in [0.2, 0.25) is 10.0 Å². The smallest absolute Gasteiger partial charge is 0.0832 e. The second kappa shape index (κ2) is 6.91. The zero-order chi connectivity index (χ0) is 17.2. The summed E-state index contributed by atoms with van der Waals surface area (Å²) in [4.78, 5) is 0. The summed E-state index contributed by atoms with van der Waals surface area (Å²) in [6.07, 6.45) is 0.826. The van der Waals surface area contributed by atoms with Crippen LogP contribution in [0.15, 0.2) is 84.0 Å². The van der Waals surface area contributed by atoms with E-state index >= 15 is 0 Å². The third kappa shape index (κ3) is 3.28. The highest BCUT2D eigenvalue weighted by molar-refractivity contribution is 6.36. The summed E-state index contributed by atoms with van der Waals surface area (Å²) in [5, 5.41) is 8.13. The molecule has 1 aliphatic heterocycles. The van der Waals surface area contributed by atoms with Crippen molar-refractivity contribution in [1.82, 2.24) is 0 Å². The van der Waals surface area contributed by atoms with Crippen LogP contribution >= 0.6 is 23.2 Å². The fraction of sp³-hybridized carbons (Fsp3) is 0.0952. The lowest BCUT2D eigenvalue weighted by Crippen LogP contribution is -2.18. The predicted molar refractivity (Wildman–Crippen MR) is 106 cm³/mol. The fourth-order valence-electron chi connectivity index (χ4n) is 3.14. The predicted octanol–water partition coefficient (Wildman–Crippen LogP) is 6.35. The maximum absolute atomic E-state index is 6.46. The number of halogens is 2. The molecule has 3 aromatic rings. The molecular weight excluding hydrogens is 351 g/mol. The zero-order valence-electron chi connectivity index (χ0n) is 13.4. The van der Waals surface area contributed by atoms with Crippen molar-refractivity contribution in [3.63, 3.8) is 0 Å². The van der Waals surface area contributed by atoms with E-state index in [4.69, 9.17) is 28.3 Å². The Labute approximate surface area is 157 Å². The van der Waals surface area contributed by atoms with Crippen LogP contribution in [0.3, 0.4) is 0 Å². The second-order valence-corrected chi connectivity index (χ2v) is 6.83. The van der Waals surface area contributed by atoms with Gasteiger partial charge in [0, 0.05) is 11.4 Å². The van der Waals surface area contributed by atoms with Crippen molar-refractivity contribution in [3.05, 3.63) is 100 Å². The van der Waals surface area contributed by atoms with E-state index in [1.807, 2.05) is 41.4 Å². The fourth-order valence-corrected chi connectivity index (χ4v) is 3.63. The number of hydrogen-bond acceptors (Lipinski definition) is 2. The molecule has 0 radical (unpaired) electrons. The molecule has 0 amide bonds. The highest BCUT2D eigenvalue weighted by Gasteiger charge is 2.30. The van der Waals surface area contributed by atoms with E-state index in [-0.39, 0.29) is 6.04 Å². The van der Waals surface area contributed by atoms with Crippen molar-refractivity contribution in [1.29, 1.82) is 0 Å². The molecule has 0 N–H and O–H groups in total. The molecule has 2 nitrogen and oxygen atoms in total. The average Bonchev–Trinajstić information content (AvgIpc) is 3.08. The molecule has 1 aliphatic rings. The standard InChI is InChI=1S/C21H16Cl2N2/c22-17-11-12-20(18(23)13-17)25-21(16-9-5-2-6-10-16)14-19(24-25)15-7-3-1-4-8-15/h1-13,21H,14H2. The van der Waals surface area contributed by atoms with Crippen LogP contribution < -0.4 is 5.01 Å². The Bertz CT molecular complexity index is 908.